The van der Waals surface area contributed by atoms with Gasteiger partial charge < -0.3 is 20.0 Å². The highest BCUT2D eigenvalue weighted by molar-refractivity contribution is 6.02. The summed E-state index contributed by atoms with van der Waals surface area (Å²) in [7, 11) is 3.63. The first kappa shape index (κ1) is 32.4. The summed E-state index contributed by atoms with van der Waals surface area (Å²) in [6.07, 6.45) is 5.68. The van der Waals surface area contributed by atoms with Crippen LogP contribution in [0, 0.1) is 5.92 Å². The van der Waals surface area contributed by atoms with Crippen molar-refractivity contribution in [2.45, 2.75) is 52.1 Å². The van der Waals surface area contributed by atoms with E-state index in [4.69, 9.17) is 0 Å². The highest BCUT2D eigenvalue weighted by Crippen LogP contribution is 2.27. The maximum absolute atomic E-state index is 13.2. The van der Waals surface area contributed by atoms with Gasteiger partial charge in [0.05, 0.1) is 5.56 Å². The molecule has 0 aliphatic carbocycles. The van der Waals surface area contributed by atoms with Gasteiger partial charge in [-0.2, -0.15) is 0 Å². The second kappa shape index (κ2) is 15.3. The number of hydrogen-bond donors (Lipinski definition) is 1. The second-order valence-corrected chi connectivity index (χ2v) is 12.0. The quantitative estimate of drug-likeness (QED) is 0.375. The van der Waals surface area contributed by atoms with E-state index in [0.717, 1.165) is 82.2 Å². The predicted molar refractivity (Wildman–Crippen MR) is 170 cm³/mol. The van der Waals surface area contributed by atoms with E-state index in [2.05, 4.69) is 22.0 Å². The topological polar surface area (TPSA) is 93.3 Å². The average Bonchev–Trinajstić information content (AvgIpc) is 3.04. The molecule has 1 N–H and O–H groups in total. The van der Waals surface area contributed by atoms with Gasteiger partial charge in [-0.25, -0.2) is 0 Å². The highest BCUT2D eigenvalue weighted by atomic mass is 16.2. The molecule has 2 aromatic carbocycles. The summed E-state index contributed by atoms with van der Waals surface area (Å²) >= 11 is 0. The van der Waals surface area contributed by atoms with Crippen molar-refractivity contribution in [1.82, 2.24) is 20.0 Å². The van der Waals surface area contributed by atoms with Gasteiger partial charge in [-0.15, -0.1) is 0 Å². The molecule has 1 atom stereocenters. The Bertz CT molecular complexity index is 1280. The van der Waals surface area contributed by atoms with E-state index >= 15 is 0 Å². The van der Waals surface area contributed by atoms with Crippen LogP contribution < -0.4 is 10.2 Å². The van der Waals surface area contributed by atoms with Crippen LogP contribution in [-0.2, 0) is 6.54 Å². The number of nitrogens with zero attached hydrogens (tertiary/aromatic N) is 4. The third-order valence-corrected chi connectivity index (χ3v) is 9.12. The van der Waals surface area contributed by atoms with Crippen molar-refractivity contribution in [3.63, 3.8) is 0 Å². The van der Waals surface area contributed by atoms with Crippen molar-refractivity contribution in [3.8, 4) is 0 Å². The van der Waals surface area contributed by atoms with E-state index in [0.29, 0.717) is 47.8 Å². The first-order valence-electron chi connectivity index (χ1n) is 15.6. The standard InChI is InChI=1S/C34H47N5O4/c1-5-6-25(2)36(4)34(43)32-10-9-31(20-30(32)24-41)38-13-11-26(12-14-38)22-37-15-17-39(18-16-37)33(42)27-7-8-28(23-40)29(19-27)21-35-3/h7-10,19-20,23-26,35H,5-6,11-18,21-22H2,1-4H3. The molecule has 9 heteroatoms. The number of aldehydes is 2. The molecule has 2 fully saturated rings. The minimum absolute atomic E-state index is 0.0206. The van der Waals surface area contributed by atoms with E-state index in [9.17, 15) is 19.2 Å². The SMILES string of the molecule is CCCC(C)N(C)C(=O)c1ccc(N2CCC(CN3CCN(C(=O)c4ccc(C=O)c(CNC)c4)CC3)CC2)cc1C=O. The summed E-state index contributed by atoms with van der Waals surface area (Å²) < 4.78 is 0. The maximum atomic E-state index is 13.2. The number of piperidine rings is 1. The van der Waals surface area contributed by atoms with Crippen LogP contribution in [0.25, 0.3) is 0 Å². The number of hydrogen-bond acceptors (Lipinski definition) is 7. The molecule has 2 heterocycles. The van der Waals surface area contributed by atoms with Gasteiger partial charge >= 0.3 is 0 Å². The molecule has 1 unspecified atom stereocenters. The molecule has 0 radical (unpaired) electrons. The van der Waals surface area contributed by atoms with Crippen LogP contribution in [0.3, 0.4) is 0 Å². The van der Waals surface area contributed by atoms with Gasteiger partial charge in [0.15, 0.2) is 6.29 Å². The number of piperazine rings is 1. The monoisotopic (exact) mass is 589 g/mol. The van der Waals surface area contributed by atoms with Crippen LogP contribution in [0.15, 0.2) is 36.4 Å². The Balaban J connectivity index is 1.27. The highest BCUT2D eigenvalue weighted by Gasteiger charge is 2.27. The summed E-state index contributed by atoms with van der Waals surface area (Å²) in [4.78, 5) is 57.9. The molecular formula is C34H47N5O4. The smallest absolute Gasteiger partial charge is 0.254 e. The zero-order valence-corrected chi connectivity index (χ0v) is 26.2. The molecule has 9 nitrogen and oxygen atoms in total. The Labute approximate surface area is 256 Å². The number of carbonyl (C=O) groups is 4. The molecule has 2 saturated heterocycles. The molecular weight excluding hydrogens is 542 g/mol. The lowest BCUT2D eigenvalue weighted by molar-refractivity contribution is 0.0609. The van der Waals surface area contributed by atoms with Crippen LogP contribution in [-0.4, -0.2) is 105 Å². The van der Waals surface area contributed by atoms with E-state index in [1.54, 1.807) is 17.0 Å². The molecule has 0 bridgehead atoms. The maximum Gasteiger partial charge on any atom is 0.254 e. The first-order valence-corrected chi connectivity index (χ1v) is 15.6. The number of anilines is 1. The molecule has 2 amide bonds. The van der Waals surface area contributed by atoms with Crippen LogP contribution >= 0.6 is 0 Å². The Kier molecular flexibility index (Phi) is 11.5. The summed E-state index contributed by atoms with van der Waals surface area (Å²) in [6.45, 7) is 10.6. The Morgan fingerprint density at radius 1 is 0.977 bits per heavy atom. The van der Waals surface area contributed by atoms with Gasteiger partial charge in [0.2, 0.25) is 0 Å². The lowest BCUT2D eigenvalue weighted by Gasteiger charge is -2.39. The van der Waals surface area contributed by atoms with Gasteiger partial charge in [0, 0.05) is 87.8 Å². The van der Waals surface area contributed by atoms with Crippen molar-refractivity contribution >= 4 is 30.1 Å². The minimum atomic E-state index is -0.107. The van der Waals surface area contributed by atoms with Crippen LogP contribution in [0.1, 0.15) is 86.5 Å². The summed E-state index contributed by atoms with van der Waals surface area (Å²) in [6, 6.07) is 11.1. The molecule has 0 aromatic heterocycles. The first-order chi connectivity index (χ1) is 20.8. The van der Waals surface area contributed by atoms with Crippen molar-refractivity contribution in [1.29, 1.82) is 0 Å². The summed E-state index contributed by atoms with van der Waals surface area (Å²) in [5.74, 6) is 0.496. The van der Waals surface area contributed by atoms with Gasteiger partial charge in [0.1, 0.15) is 6.29 Å². The number of amides is 2. The number of carbonyl (C=O) groups excluding carboxylic acids is 4. The van der Waals surface area contributed by atoms with E-state index in [1.807, 2.05) is 50.2 Å². The molecule has 232 valence electrons. The van der Waals surface area contributed by atoms with Crippen molar-refractivity contribution in [3.05, 3.63) is 64.2 Å². The van der Waals surface area contributed by atoms with E-state index in [1.165, 1.54) is 0 Å². The average molecular weight is 590 g/mol. The van der Waals surface area contributed by atoms with Crippen LogP contribution in [0.5, 0.6) is 0 Å². The van der Waals surface area contributed by atoms with Crippen LogP contribution in [0.4, 0.5) is 5.69 Å². The molecule has 2 aliphatic rings. The fraction of sp³-hybridized carbons (Fsp3) is 0.529. The van der Waals surface area contributed by atoms with E-state index < -0.39 is 0 Å². The second-order valence-electron chi connectivity index (χ2n) is 12.0. The van der Waals surface area contributed by atoms with Gasteiger partial charge in [-0.05, 0) is 75.0 Å². The molecule has 4 rings (SSSR count). The third-order valence-electron chi connectivity index (χ3n) is 9.12. The molecule has 43 heavy (non-hydrogen) atoms. The zero-order valence-electron chi connectivity index (χ0n) is 26.2. The largest absolute Gasteiger partial charge is 0.371 e. The number of rotatable bonds is 12. The lowest BCUT2D eigenvalue weighted by atomic mass is 9.95. The van der Waals surface area contributed by atoms with Gasteiger partial charge in [0.25, 0.3) is 11.8 Å². The third kappa shape index (κ3) is 7.89. The molecule has 2 aliphatic heterocycles. The molecule has 0 spiro atoms. The van der Waals surface area contributed by atoms with Crippen molar-refractivity contribution in [2.24, 2.45) is 5.92 Å². The van der Waals surface area contributed by atoms with Crippen molar-refractivity contribution in [2.75, 3.05) is 64.8 Å². The predicted octanol–water partition coefficient (Wildman–Crippen LogP) is 3.97. The fourth-order valence-corrected chi connectivity index (χ4v) is 6.29. The summed E-state index contributed by atoms with van der Waals surface area (Å²) in [5, 5.41) is 3.06. The van der Waals surface area contributed by atoms with E-state index in [-0.39, 0.29) is 17.9 Å². The zero-order chi connectivity index (χ0) is 30.9. The van der Waals surface area contributed by atoms with Crippen LogP contribution in [0.2, 0.25) is 0 Å². The fourth-order valence-electron chi connectivity index (χ4n) is 6.29. The molecule has 2 aromatic rings. The normalized spacial score (nSPS) is 17.0. The minimum Gasteiger partial charge on any atom is -0.371 e. The summed E-state index contributed by atoms with van der Waals surface area (Å²) in [5.41, 5.74) is 3.99. The van der Waals surface area contributed by atoms with Gasteiger partial charge in [-0.3, -0.25) is 24.1 Å². The Morgan fingerprint density at radius 3 is 2.30 bits per heavy atom. The molecule has 0 saturated carbocycles. The lowest BCUT2D eigenvalue weighted by Crippen LogP contribution is -2.50. The Hall–Kier alpha value is -3.56. The number of nitrogens with one attached hydrogen (secondary N) is 1. The Morgan fingerprint density at radius 2 is 1.67 bits per heavy atom. The number of benzene rings is 2. The van der Waals surface area contributed by atoms with Crippen molar-refractivity contribution < 1.29 is 19.2 Å². The van der Waals surface area contributed by atoms with Gasteiger partial charge in [-0.1, -0.05) is 19.4 Å².